The number of pyridine rings is 1. The number of ether oxygens (including phenoxy) is 2. The highest BCUT2D eigenvalue weighted by molar-refractivity contribution is 5.83. The molecule has 26 heavy (non-hydrogen) atoms. The number of aromatic nitrogens is 1. The van der Waals surface area contributed by atoms with E-state index in [1.807, 2.05) is 13.0 Å². The Morgan fingerprint density at radius 3 is 3.00 bits per heavy atom. The first-order chi connectivity index (χ1) is 12.6. The minimum atomic E-state index is -0.490. The minimum Gasteiger partial charge on any atom is -0.462 e. The van der Waals surface area contributed by atoms with E-state index in [-0.39, 0.29) is 29.8 Å². The average Bonchev–Trinajstić information content (AvgIpc) is 2.93. The first kappa shape index (κ1) is 17.3. The van der Waals surface area contributed by atoms with Crippen LogP contribution in [0.1, 0.15) is 39.0 Å². The van der Waals surface area contributed by atoms with Gasteiger partial charge in [0.1, 0.15) is 11.9 Å². The van der Waals surface area contributed by atoms with Crippen LogP contribution < -0.4 is 5.32 Å². The summed E-state index contributed by atoms with van der Waals surface area (Å²) in [6, 6.07) is 5.32. The number of nitrogens with zero attached hydrogens (tertiary/aromatic N) is 1. The molecule has 2 heterocycles. The van der Waals surface area contributed by atoms with Gasteiger partial charge in [0.05, 0.1) is 12.5 Å². The molecule has 0 spiro atoms. The van der Waals surface area contributed by atoms with Gasteiger partial charge in [0.15, 0.2) is 0 Å². The summed E-state index contributed by atoms with van der Waals surface area (Å²) in [5.41, 5.74) is 0. The lowest BCUT2D eigenvalue weighted by Crippen LogP contribution is -2.45. The zero-order valence-electron chi connectivity index (χ0n) is 15.1. The molecule has 4 rings (SSSR count). The Bertz CT molecular complexity index is 665. The van der Waals surface area contributed by atoms with Gasteiger partial charge in [-0.1, -0.05) is 25.3 Å². The van der Waals surface area contributed by atoms with Gasteiger partial charge in [0.2, 0.25) is 0 Å². The second kappa shape index (κ2) is 7.25. The van der Waals surface area contributed by atoms with Crippen molar-refractivity contribution in [2.75, 3.05) is 11.9 Å². The molecule has 0 aromatic carbocycles. The summed E-state index contributed by atoms with van der Waals surface area (Å²) in [7, 11) is 0. The lowest BCUT2D eigenvalue weighted by molar-refractivity contribution is -0.144. The van der Waals surface area contributed by atoms with E-state index < -0.39 is 6.09 Å². The normalized spacial score (nSPS) is 35.8. The predicted octanol–water partition coefficient (Wildman–Crippen LogP) is 3.63. The Labute approximate surface area is 153 Å². The predicted molar refractivity (Wildman–Crippen MR) is 95.3 cm³/mol. The van der Waals surface area contributed by atoms with Crippen molar-refractivity contribution in [2.24, 2.45) is 29.6 Å². The number of carbonyl (C=O) groups is 2. The Kier molecular flexibility index (Phi) is 4.83. The molecule has 1 amide bonds. The van der Waals surface area contributed by atoms with Gasteiger partial charge in [-0.2, -0.15) is 0 Å². The highest BCUT2D eigenvalue weighted by Crippen LogP contribution is 2.53. The van der Waals surface area contributed by atoms with E-state index in [2.05, 4.69) is 10.3 Å². The standard InChI is InChI=1S/C20H26N2O4/c1-12-18-15(19(23)26-12)10-13-6-2-3-7-14(13)16(18)11-25-20(24)22-17-8-4-5-9-21-17/h4-5,8-9,12-16,18H,2-3,6-7,10-11H2,1H3,(H,21,22,24). The molecule has 6 unspecified atom stereocenters. The van der Waals surface area contributed by atoms with Crippen LogP contribution in [-0.2, 0) is 14.3 Å². The quantitative estimate of drug-likeness (QED) is 0.835. The number of nitrogens with one attached hydrogen (secondary N) is 1. The number of hydrogen-bond acceptors (Lipinski definition) is 5. The minimum absolute atomic E-state index is 0.0307. The Balaban J connectivity index is 1.45. The molecule has 0 radical (unpaired) electrons. The van der Waals surface area contributed by atoms with E-state index in [9.17, 15) is 9.59 Å². The SMILES string of the molecule is CC1OC(=O)C2CC3CCCCC3C(COC(=O)Nc3ccccn3)C12. The molecule has 2 saturated carbocycles. The summed E-state index contributed by atoms with van der Waals surface area (Å²) in [6.45, 7) is 2.31. The van der Waals surface area contributed by atoms with Crippen LogP contribution in [0.2, 0.25) is 0 Å². The summed E-state index contributed by atoms with van der Waals surface area (Å²) in [4.78, 5) is 28.5. The zero-order valence-corrected chi connectivity index (χ0v) is 15.1. The summed E-state index contributed by atoms with van der Waals surface area (Å²) < 4.78 is 11.1. The third kappa shape index (κ3) is 3.29. The Hall–Kier alpha value is -2.11. The molecule has 1 aromatic heterocycles. The van der Waals surface area contributed by atoms with Crippen LogP contribution in [0.25, 0.3) is 0 Å². The smallest absolute Gasteiger partial charge is 0.412 e. The van der Waals surface area contributed by atoms with Crippen LogP contribution >= 0.6 is 0 Å². The Morgan fingerprint density at radius 2 is 2.19 bits per heavy atom. The molecule has 1 N–H and O–H groups in total. The van der Waals surface area contributed by atoms with Crippen molar-refractivity contribution in [3.63, 3.8) is 0 Å². The number of hydrogen-bond donors (Lipinski definition) is 1. The first-order valence-corrected chi connectivity index (χ1v) is 9.69. The molecule has 6 heteroatoms. The number of cyclic esters (lactones) is 1. The molecular formula is C20H26N2O4. The highest BCUT2D eigenvalue weighted by Gasteiger charge is 2.54. The largest absolute Gasteiger partial charge is 0.462 e. The lowest BCUT2D eigenvalue weighted by atomic mass is 9.58. The monoisotopic (exact) mass is 358 g/mol. The van der Waals surface area contributed by atoms with Crippen molar-refractivity contribution in [3.05, 3.63) is 24.4 Å². The van der Waals surface area contributed by atoms with Crippen molar-refractivity contribution in [3.8, 4) is 0 Å². The molecule has 2 aliphatic carbocycles. The van der Waals surface area contributed by atoms with E-state index in [0.717, 1.165) is 12.8 Å². The van der Waals surface area contributed by atoms with Crippen molar-refractivity contribution >= 4 is 17.9 Å². The highest BCUT2D eigenvalue weighted by atomic mass is 16.6. The summed E-state index contributed by atoms with van der Waals surface area (Å²) in [6.07, 6.45) is 6.76. The Morgan fingerprint density at radius 1 is 1.35 bits per heavy atom. The molecule has 6 nitrogen and oxygen atoms in total. The number of carbonyl (C=O) groups excluding carboxylic acids is 2. The lowest BCUT2D eigenvalue weighted by Gasteiger charge is -2.46. The number of rotatable bonds is 3. The fourth-order valence-electron chi connectivity index (χ4n) is 5.42. The van der Waals surface area contributed by atoms with Crippen LogP contribution in [0.3, 0.4) is 0 Å². The van der Waals surface area contributed by atoms with Crippen LogP contribution in [0.5, 0.6) is 0 Å². The van der Waals surface area contributed by atoms with E-state index >= 15 is 0 Å². The summed E-state index contributed by atoms with van der Waals surface area (Å²) in [5.74, 6) is 1.80. The second-order valence-electron chi connectivity index (χ2n) is 7.87. The van der Waals surface area contributed by atoms with E-state index in [1.54, 1.807) is 18.3 Å². The first-order valence-electron chi connectivity index (χ1n) is 9.69. The maximum Gasteiger partial charge on any atom is 0.412 e. The second-order valence-corrected chi connectivity index (χ2v) is 7.87. The van der Waals surface area contributed by atoms with Crippen LogP contribution in [0.4, 0.5) is 10.6 Å². The van der Waals surface area contributed by atoms with Gasteiger partial charge in [0, 0.05) is 18.0 Å². The number of fused-ring (bicyclic) bond motifs is 2. The van der Waals surface area contributed by atoms with Crippen LogP contribution in [0, 0.1) is 29.6 Å². The van der Waals surface area contributed by atoms with Gasteiger partial charge in [-0.15, -0.1) is 0 Å². The van der Waals surface area contributed by atoms with Crippen molar-refractivity contribution < 1.29 is 19.1 Å². The maximum atomic E-state index is 12.3. The maximum absolute atomic E-state index is 12.3. The molecule has 1 aromatic rings. The van der Waals surface area contributed by atoms with Gasteiger partial charge in [-0.05, 0) is 43.7 Å². The zero-order chi connectivity index (χ0) is 18.1. The van der Waals surface area contributed by atoms with E-state index in [1.165, 1.54) is 19.3 Å². The molecule has 140 valence electrons. The van der Waals surface area contributed by atoms with Gasteiger partial charge >= 0.3 is 12.1 Å². The van der Waals surface area contributed by atoms with Gasteiger partial charge in [-0.3, -0.25) is 10.1 Å². The number of esters is 1. The molecular weight excluding hydrogens is 332 g/mol. The molecule has 1 saturated heterocycles. The van der Waals surface area contributed by atoms with Crippen molar-refractivity contribution in [1.82, 2.24) is 4.98 Å². The average molecular weight is 358 g/mol. The fraction of sp³-hybridized carbons (Fsp3) is 0.650. The summed E-state index contributed by atoms with van der Waals surface area (Å²) in [5, 5.41) is 2.66. The van der Waals surface area contributed by atoms with Crippen molar-refractivity contribution in [1.29, 1.82) is 0 Å². The fourth-order valence-corrected chi connectivity index (χ4v) is 5.42. The van der Waals surface area contributed by atoms with Gasteiger partial charge < -0.3 is 9.47 Å². The molecule has 1 aliphatic heterocycles. The molecule has 3 aliphatic rings. The summed E-state index contributed by atoms with van der Waals surface area (Å²) >= 11 is 0. The van der Waals surface area contributed by atoms with Crippen LogP contribution in [0.15, 0.2) is 24.4 Å². The van der Waals surface area contributed by atoms with Crippen LogP contribution in [-0.4, -0.2) is 29.8 Å². The van der Waals surface area contributed by atoms with E-state index in [4.69, 9.17) is 9.47 Å². The molecule has 3 fully saturated rings. The topological polar surface area (TPSA) is 77.5 Å². The third-order valence-corrected chi connectivity index (χ3v) is 6.48. The number of amides is 1. The molecule has 0 bridgehead atoms. The van der Waals surface area contributed by atoms with Crippen molar-refractivity contribution in [2.45, 2.75) is 45.1 Å². The van der Waals surface area contributed by atoms with Gasteiger partial charge in [0.25, 0.3) is 0 Å². The molecule has 6 atom stereocenters. The number of anilines is 1. The van der Waals surface area contributed by atoms with Gasteiger partial charge in [-0.25, -0.2) is 9.78 Å². The van der Waals surface area contributed by atoms with E-state index in [0.29, 0.717) is 24.3 Å². The third-order valence-electron chi connectivity index (χ3n) is 6.48.